The Hall–Kier alpha value is -2.44. The summed E-state index contributed by atoms with van der Waals surface area (Å²) in [5.74, 6) is 1.96. The van der Waals surface area contributed by atoms with Gasteiger partial charge in [0, 0.05) is 31.1 Å². The van der Waals surface area contributed by atoms with E-state index >= 15 is 0 Å². The summed E-state index contributed by atoms with van der Waals surface area (Å²) in [6.45, 7) is 2.74. The Morgan fingerprint density at radius 1 is 1.23 bits per heavy atom. The molecule has 1 fully saturated rings. The lowest BCUT2D eigenvalue weighted by molar-refractivity contribution is -0.126. The number of nitrogens with one attached hydrogen (secondary N) is 1. The number of hydrogen-bond acceptors (Lipinski definition) is 5. The second-order valence-corrected chi connectivity index (χ2v) is 7.28. The van der Waals surface area contributed by atoms with Gasteiger partial charge >= 0.3 is 0 Å². The van der Waals surface area contributed by atoms with E-state index in [9.17, 15) is 4.79 Å². The first kappa shape index (κ1) is 17.0. The molecule has 2 aromatic rings. The molecule has 0 radical (unpaired) electrons. The maximum Gasteiger partial charge on any atom is 0.223 e. The summed E-state index contributed by atoms with van der Waals surface area (Å²) < 4.78 is 7.99. The molecule has 1 N–H and O–H groups in total. The first-order valence-electron chi connectivity index (χ1n) is 9.44. The average Bonchev–Trinajstić information content (AvgIpc) is 3.13. The van der Waals surface area contributed by atoms with Gasteiger partial charge in [-0.1, -0.05) is 0 Å². The van der Waals surface area contributed by atoms with Crippen molar-refractivity contribution in [3.63, 3.8) is 0 Å². The van der Waals surface area contributed by atoms with Gasteiger partial charge in [-0.05, 0) is 51.2 Å². The molecule has 1 unspecified atom stereocenters. The van der Waals surface area contributed by atoms with E-state index in [0.717, 1.165) is 55.9 Å². The van der Waals surface area contributed by atoms with Crippen LogP contribution in [0.4, 0.5) is 0 Å². The van der Waals surface area contributed by atoms with Crippen molar-refractivity contribution in [2.45, 2.75) is 64.1 Å². The SMILES string of the molecule is Cc1ncccc1OC1CCC(NC(=O)C2CCn3ncnc3C2)CC1. The minimum absolute atomic E-state index is 0.0127. The number of hydrogen-bond donors (Lipinski definition) is 1. The summed E-state index contributed by atoms with van der Waals surface area (Å²) in [6.07, 6.45) is 8.90. The molecule has 1 atom stereocenters. The van der Waals surface area contributed by atoms with Crippen LogP contribution >= 0.6 is 0 Å². The summed E-state index contributed by atoms with van der Waals surface area (Å²) in [4.78, 5) is 21.1. The fourth-order valence-electron chi connectivity index (χ4n) is 3.87. The molecule has 7 heteroatoms. The fraction of sp³-hybridized carbons (Fsp3) is 0.579. The quantitative estimate of drug-likeness (QED) is 0.908. The van der Waals surface area contributed by atoms with Crippen LogP contribution < -0.4 is 10.1 Å². The predicted octanol–water partition coefficient (Wildman–Crippen LogP) is 2.05. The lowest BCUT2D eigenvalue weighted by atomic mass is 9.91. The van der Waals surface area contributed by atoms with Crippen molar-refractivity contribution in [3.8, 4) is 5.75 Å². The van der Waals surface area contributed by atoms with Crippen LogP contribution in [0.25, 0.3) is 0 Å². The van der Waals surface area contributed by atoms with Gasteiger partial charge in [0.15, 0.2) is 0 Å². The van der Waals surface area contributed by atoms with Crippen LogP contribution in [0, 0.1) is 12.8 Å². The predicted molar refractivity (Wildman–Crippen MR) is 95.6 cm³/mol. The fourth-order valence-corrected chi connectivity index (χ4v) is 3.87. The molecule has 1 amide bonds. The molecule has 3 heterocycles. The Balaban J connectivity index is 1.25. The molecule has 1 aliphatic carbocycles. The van der Waals surface area contributed by atoms with Crippen molar-refractivity contribution in [2.24, 2.45) is 5.92 Å². The Bertz CT molecular complexity index is 767. The first-order valence-corrected chi connectivity index (χ1v) is 9.44. The molecule has 26 heavy (non-hydrogen) atoms. The van der Waals surface area contributed by atoms with Gasteiger partial charge < -0.3 is 10.1 Å². The van der Waals surface area contributed by atoms with Gasteiger partial charge in [0.05, 0.1) is 11.8 Å². The third-order valence-corrected chi connectivity index (χ3v) is 5.46. The molecule has 1 aliphatic heterocycles. The Labute approximate surface area is 153 Å². The van der Waals surface area contributed by atoms with E-state index in [4.69, 9.17) is 4.74 Å². The van der Waals surface area contributed by atoms with E-state index in [1.807, 2.05) is 23.7 Å². The van der Waals surface area contributed by atoms with Crippen molar-refractivity contribution in [3.05, 3.63) is 36.2 Å². The number of aromatic nitrogens is 4. The molecule has 0 aromatic carbocycles. The van der Waals surface area contributed by atoms with Gasteiger partial charge in [-0.25, -0.2) is 4.98 Å². The maximum atomic E-state index is 12.6. The van der Waals surface area contributed by atoms with E-state index in [0.29, 0.717) is 6.42 Å². The van der Waals surface area contributed by atoms with Gasteiger partial charge in [-0.2, -0.15) is 5.10 Å². The topological polar surface area (TPSA) is 81.9 Å². The molecule has 0 bridgehead atoms. The van der Waals surface area contributed by atoms with Crippen LogP contribution in [-0.4, -0.2) is 37.8 Å². The molecule has 0 saturated heterocycles. The number of carbonyl (C=O) groups excluding carboxylic acids is 1. The molecule has 0 spiro atoms. The van der Waals surface area contributed by atoms with E-state index < -0.39 is 0 Å². The van der Waals surface area contributed by atoms with Crippen LogP contribution in [0.15, 0.2) is 24.7 Å². The van der Waals surface area contributed by atoms with Crippen molar-refractivity contribution < 1.29 is 9.53 Å². The molecule has 4 rings (SSSR count). The number of ether oxygens (including phenoxy) is 1. The summed E-state index contributed by atoms with van der Waals surface area (Å²) in [5.41, 5.74) is 0.924. The number of pyridine rings is 1. The molecule has 138 valence electrons. The second kappa shape index (κ2) is 7.43. The van der Waals surface area contributed by atoms with Crippen LogP contribution in [0.3, 0.4) is 0 Å². The maximum absolute atomic E-state index is 12.6. The smallest absolute Gasteiger partial charge is 0.223 e. The summed E-state index contributed by atoms with van der Waals surface area (Å²) in [6, 6.07) is 4.12. The molecule has 7 nitrogen and oxygen atoms in total. The van der Waals surface area contributed by atoms with Gasteiger partial charge in [-0.15, -0.1) is 0 Å². The van der Waals surface area contributed by atoms with Crippen molar-refractivity contribution in [2.75, 3.05) is 0 Å². The highest BCUT2D eigenvalue weighted by molar-refractivity contribution is 5.79. The van der Waals surface area contributed by atoms with E-state index in [-0.39, 0.29) is 24.0 Å². The van der Waals surface area contributed by atoms with E-state index in [1.165, 1.54) is 0 Å². The highest BCUT2D eigenvalue weighted by Crippen LogP contribution is 2.26. The monoisotopic (exact) mass is 355 g/mol. The van der Waals surface area contributed by atoms with Crippen molar-refractivity contribution >= 4 is 5.91 Å². The van der Waals surface area contributed by atoms with Crippen LogP contribution in [0.2, 0.25) is 0 Å². The molecular weight excluding hydrogens is 330 g/mol. The molecule has 2 aliphatic rings. The summed E-state index contributed by atoms with van der Waals surface area (Å²) in [7, 11) is 0. The molecule has 1 saturated carbocycles. The Kier molecular flexibility index (Phi) is 4.86. The number of nitrogens with zero attached hydrogens (tertiary/aromatic N) is 4. The minimum atomic E-state index is 0.0127. The van der Waals surface area contributed by atoms with E-state index in [1.54, 1.807) is 12.5 Å². The molecular formula is C19H25N5O2. The number of aryl methyl sites for hydroxylation is 2. The number of fused-ring (bicyclic) bond motifs is 1. The summed E-state index contributed by atoms with van der Waals surface area (Å²) in [5, 5.41) is 7.41. The Morgan fingerprint density at radius 2 is 2.08 bits per heavy atom. The standard InChI is InChI=1S/C19H25N5O2/c1-13-17(3-2-9-20-13)26-16-6-4-15(5-7-16)23-19(25)14-8-10-24-18(11-14)21-12-22-24/h2-3,9,12,14-16H,4-8,10-11H2,1H3,(H,23,25). The van der Waals surface area contributed by atoms with Gasteiger partial charge in [-0.3, -0.25) is 14.5 Å². The normalized spacial score (nSPS) is 25.3. The number of amides is 1. The Morgan fingerprint density at radius 3 is 2.88 bits per heavy atom. The van der Waals surface area contributed by atoms with Crippen molar-refractivity contribution in [1.29, 1.82) is 0 Å². The zero-order valence-electron chi connectivity index (χ0n) is 15.1. The highest BCUT2D eigenvalue weighted by atomic mass is 16.5. The lowest BCUT2D eigenvalue weighted by Gasteiger charge is -2.31. The zero-order valence-corrected chi connectivity index (χ0v) is 15.1. The van der Waals surface area contributed by atoms with Gasteiger partial charge in [0.1, 0.15) is 17.9 Å². The average molecular weight is 355 g/mol. The summed E-state index contributed by atoms with van der Waals surface area (Å²) >= 11 is 0. The third-order valence-electron chi connectivity index (χ3n) is 5.46. The first-order chi connectivity index (χ1) is 12.7. The van der Waals surface area contributed by atoms with Crippen LogP contribution in [-0.2, 0) is 17.8 Å². The largest absolute Gasteiger partial charge is 0.489 e. The number of carbonyl (C=O) groups is 1. The van der Waals surface area contributed by atoms with Crippen molar-refractivity contribution in [1.82, 2.24) is 25.1 Å². The number of rotatable bonds is 4. The van der Waals surface area contributed by atoms with E-state index in [2.05, 4.69) is 20.4 Å². The van der Waals surface area contributed by atoms with Crippen LogP contribution in [0.1, 0.15) is 43.6 Å². The molecule has 2 aromatic heterocycles. The van der Waals surface area contributed by atoms with Gasteiger partial charge in [0.2, 0.25) is 5.91 Å². The zero-order chi connectivity index (χ0) is 17.9. The van der Waals surface area contributed by atoms with Crippen LogP contribution in [0.5, 0.6) is 5.75 Å². The highest BCUT2D eigenvalue weighted by Gasteiger charge is 2.29. The lowest BCUT2D eigenvalue weighted by Crippen LogP contribution is -2.44. The minimum Gasteiger partial charge on any atom is -0.489 e. The van der Waals surface area contributed by atoms with Gasteiger partial charge in [0.25, 0.3) is 0 Å². The third kappa shape index (κ3) is 3.71. The second-order valence-electron chi connectivity index (χ2n) is 7.28.